The van der Waals surface area contributed by atoms with Gasteiger partial charge in [0.1, 0.15) is 0 Å². The number of benzene rings is 1. The van der Waals surface area contributed by atoms with Gasteiger partial charge in [-0.15, -0.1) is 0 Å². The van der Waals surface area contributed by atoms with E-state index in [1.165, 1.54) is 22.3 Å². The second-order valence-electron chi connectivity index (χ2n) is 5.16. The van der Waals surface area contributed by atoms with Crippen LogP contribution in [-0.4, -0.2) is 6.54 Å². The van der Waals surface area contributed by atoms with Crippen LogP contribution in [0.1, 0.15) is 24.5 Å². The van der Waals surface area contributed by atoms with Gasteiger partial charge in [-0.25, -0.2) is 0 Å². The Morgan fingerprint density at radius 3 is 2.83 bits per heavy atom. The summed E-state index contributed by atoms with van der Waals surface area (Å²) in [6.45, 7) is 13.4. The predicted molar refractivity (Wildman–Crippen MR) is 79.2 cm³/mol. The minimum Gasteiger partial charge on any atom is -0.388 e. The molecule has 1 aromatic carbocycles. The topological polar surface area (TPSA) is 12.0 Å². The van der Waals surface area contributed by atoms with Gasteiger partial charge in [-0.3, -0.25) is 0 Å². The van der Waals surface area contributed by atoms with Crippen LogP contribution in [0, 0.1) is 12.8 Å². The third-order valence-corrected chi connectivity index (χ3v) is 3.49. The second-order valence-corrected chi connectivity index (χ2v) is 5.16. The van der Waals surface area contributed by atoms with Gasteiger partial charge in [-0.1, -0.05) is 49.1 Å². The van der Waals surface area contributed by atoms with Crippen molar-refractivity contribution in [3.8, 4) is 0 Å². The number of hydrogen-bond acceptors (Lipinski definition) is 1. The summed E-state index contributed by atoms with van der Waals surface area (Å²) >= 11 is 0. The van der Waals surface area contributed by atoms with E-state index < -0.39 is 0 Å². The van der Waals surface area contributed by atoms with E-state index in [4.69, 9.17) is 0 Å². The molecule has 0 saturated carbocycles. The summed E-state index contributed by atoms with van der Waals surface area (Å²) in [5.41, 5.74) is 6.17. The molecule has 1 aliphatic rings. The van der Waals surface area contributed by atoms with Gasteiger partial charge >= 0.3 is 0 Å². The van der Waals surface area contributed by atoms with Crippen LogP contribution in [-0.2, 0) is 0 Å². The Balaban J connectivity index is 2.13. The summed E-state index contributed by atoms with van der Waals surface area (Å²) in [6.07, 6.45) is 3.22. The smallest absolute Gasteiger partial charge is 0.0216 e. The molecule has 0 spiro atoms. The molecule has 1 aliphatic heterocycles. The Hall–Kier alpha value is -1.76. The highest BCUT2D eigenvalue weighted by molar-refractivity contribution is 5.66. The first-order valence-corrected chi connectivity index (χ1v) is 6.42. The van der Waals surface area contributed by atoms with Gasteiger partial charge < -0.3 is 5.32 Å². The molecular weight excluding hydrogens is 218 g/mol. The highest BCUT2D eigenvalue weighted by Gasteiger charge is 2.18. The fourth-order valence-electron chi connectivity index (χ4n) is 2.34. The van der Waals surface area contributed by atoms with Crippen molar-refractivity contribution in [2.75, 3.05) is 6.54 Å². The van der Waals surface area contributed by atoms with Crippen LogP contribution in [0.3, 0.4) is 0 Å². The summed E-state index contributed by atoms with van der Waals surface area (Å²) in [7, 11) is 0. The molecule has 1 heteroatoms. The maximum absolute atomic E-state index is 4.20. The first-order valence-electron chi connectivity index (χ1n) is 6.42. The van der Waals surface area contributed by atoms with Crippen molar-refractivity contribution >= 4 is 5.57 Å². The zero-order chi connectivity index (χ0) is 13.1. The van der Waals surface area contributed by atoms with Gasteiger partial charge in [0, 0.05) is 18.2 Å². The molecule has 1 unspecified atom stereocenters. The van der Waals surface area contributed by atoms with Gasteiger partial charge in [0.2, 0.25) is 0 Å². The molecule has 0 aliphatic carbocycles. The van der Waals surface area contributed by atoms with Crippen LogP contribution in [0.5, 0.6) is 0 Å². The number of aryl methyl sites for hydroxylation is 1. The molecular formula is C17H21N. The SMILES string of the molecule is C=C1CC(C(=C)/C=C(\C)c2cccc(C)c2)CN1. The van der Waals surface area contributed by atoms with Gasteiger partial charge in [0.15, 0.2) is 0 Å². The molecule has 1 aromatic rings. The minimum absolute atomic E-state index is 0.497. The fraction of sp³-hybridized carbons (Fsp3) is 0.294. The van der Waals surface area contributed by atoms with Crippen LogP contribution in [0.4, 0.5) is 0 Å². The lowest BCUT2D eigenvalue weighted by Crippen LogP contribution is -2.08. The zero-order valence-corrected chi connectivity index (χ0v) is 11.3. The Morgan fingerprint density at radius 2 is 2.22 bits per heavy atom. The molecule has 18 heavy (non-hydrogen) atoms. The first kappa shape index (κ1) is 12.7. The lowest BCUT2D eigenvalue weighted by molar-refractivity contribution is 0.702. The Kier molecular flexibility index (Phi) is 3.71. The molecule has 1 N–H and O–H groups in total. The molecule has 1 saturated heterocycles. The highest BCUT2D eigenvalue weighted by atomic mass is 14.9. The van der Waals surface area contributed by atoms with Crippen molar-refractivity contribution in [1.29, 1.82) is 0 Å². The van der Waals surface area contributed by atoms with Gasteiger partial charge in [0.25, 0.3) is 0 Å². The first-order chi connectivity index (χ1) is 8.56. The minimum atomic E-state index is 0.497. The highest BCUT2D eigenvalue weighted by Crippen LogP contribution is 2.26. The van der Waals surface area contributed by atoms with Crippen molar-refractivity contribution in [2.45, 2.75) is 20.3 Å². The maximum atomic E-state index is 4.20. The normalized spacial score (nSPS) is 19.8. The molecule has 0 aromatic heterocycles. The summed E-state index contributed by atoms with van der Waals surface area (Å²) in [5, 5.41) is 3.29. The number of nitrogens with one attached hydrogen (secondary N) is 1. The van der Waals surface area contributed by atoms with E-state index in [-0.39, 0.29) is 0 Å². The summed E-state index contributed by atoms with van der Waals surface area (Å²) in [5.74, 6) is 0.497. The second kappa shape index (κ2) is 5.26. The van der Waals surface area contributed by atoms with E-state index >= 15 is 0 Å². The van der Waals surface area contributed by atoms with Crippen molar-refractivity contribution in [3.05, 3.63) is 65.9 Å². The van der Waals surface area contributed by atoms with Crippen LogP contribution in [0.15, 0.2) is 54.8 Å². The molecule has 1 fully saturated rings. The standard InChI is InChI=1S/C17H21N/c1-12-6-5-7-16(8-12)13(2)9-14(3)17-10-15(4)18-11-17/h5-9,17-18H,3-4,10-11H2,1-2H3/b13-9+. The van der Waals surface area contributed by atoms with Crippen LogP contribution >= 0.6 is 0 Å². The van der Waals surface area contributed by atoms with E-state index in [1.807, 2.05) is 0 Å². The van der Waals surface area contributed by atoms with Crippen molar-refractivity contribution in [3.63, 3.8) is 0 Å². The number of allylic oxidation sites excluding steroid dienone is 3. The zero-order valence-electron chi connectivity index (χ0n) is 11.3. The van der Waals surface area contributed by atoms with E-state index in [2.05, 4.69) is 62.7 Å². The van der Waals surface area contributed by atoms with Gasteiger partial charge in [0.05, 0.1) is 0 Å². The molecule has 2 rings (SSSR count). The van der Waals surface area contributed by atoms with E-state index in [9.17, 15) is 0 Å². The quantitative estimate of drug-likeness (QED) is 0.784. The lowest BCUT2D eigenvalue weighted by atomic mass is 9.95. The van der Waals surface area contributed by atoms with E-state index in [0.717, 1.165) is 18.7 Å². The average molecular weight is 239 g/mol. The lowest BCUT2D eigenvalue weighted by Gasteiger charge is -2.10. The molecule has 0 amide bonds. The fourth-order valence-corrected chi connectivity index (χ4v) is 2.34. The Labute approximate surface area is 110 Å². The molecule has 1 atom stereocenters. The van der Waals surface area contributed by atoms with E-state index in [0.29, 0.717) is 5.92 Å². The molecule has 1 nitrogen and oxygen atoms in total. The predicted octanol–water partition coefficient (Wildman–Crippen LogP) is 4.08. The average Bonchev–Trinajstić information content (AvgIpc) is 2.76. The van der Waals surface area contributed by atoms with Crippen LogP contribution in [0.2, 0.25) is 0 Å². The van der Waals surface area contributed by atoms with Crippen molar-refractivity contribution < 1.29 is 0 Å². The monoisotopic (exact) mass is 239 g/mol. The Morgan fingerprint density at radius 1 is 1.44 bits per heavy atom. The number of rotatable bonds is 3. The van der Waals surface area contributed by atoms with Gasteiger partial charge in [-0.2, -0.15) is 0 Å². The Bertz CT molecular complexity index is 508. The largest absolute Gasteiger partial charge is 0.388 e. The summed E-state index contributed by atoms with van der Waals surface area (Å²) < 4.78 is 0. The molecule has 0 bridgehead atoms. The maximum Gasteiger partial charge on any atom is 0.0216 e. The summed E-state index contributed by atoms with van der Waals surface area (Å²) in [4.78, 5) is 0. The van der Waals surface area contributed by atoms with Crippen LogP contribution in [0.25, 0.3) is 5.57 Å². The van der Waals surface area contributed by atoms with Crippen LogP contribution < -0.4 is 5.32 Å². The molecule has 94 valence electrons. The van der Waals surface area contributed by atoms with E-state index in [1.54, 1.807) is 0 Å². The van der Waals surface area contributed by atoms with Crippen molar-refractivity contribution in [1.82, 2.24) is 5.32 Å². The molecule has 1 heterocycles. The third kappa shape index (κ3) is 2.92. The summed E-state index contributed by atoms with van der Waals surface area (Å²) in [6, 6.07) is 8.59. The molecule has 0 radical (unpaired) electrons. The third-order valence-electron chi connectivity index (χ3n) is 3.49. The van der Waals surface area contributed by atoms with Crippen molar-refractivity contribution in [2.24, 2.45) is 5.92 Å². The van der Waals surface area contributed by atoms with Gasteiger partial charge in [-0.05, 0) is 37.0 Å². The number of hydrogen-bond donors (Lipinski definition) is 1.